The number of hydrogen-bond acceptors (Lipinski definition) is 1. The van der Waals surface area contributed by atoms with Crippen LogP contribution in [0.25, 0.3) is 0 Å². The highest BCUT2D eigenvalue weighted by Gasteiger charge is 2.29. The molecule has 0 saturated carbocycles. The van der Waals surface area contributed by atoms with Crippen molar-refractivity contribution in [3.8, 4) is 0 Å². The molecule has 1 atom stereocenters. The molecule has 8 heteroatoms. The summed E-state index contributed by atoms with van der Waals surface area (Å²) in [6, 6.07) is 0.279. The quantitative estimate of drug-likeness (QED) is 0.650. The number of nitrogens with two attached hydrogens (primary N) is 1. The molecule has 0 amide bonds. The standard InChI is InChI=1S/C10H9ClF5N.ClH/c11-9-6(13)2-1-5(12)8(9)7(17)3-4-10(14,15)16;/h1-2,7H,3-4,17H2;1H/t7-;/m1./s1. The molecule has 0 aliphatic rings. The summed E-state index contributed by atoms with van der Waals surface area (Å²) >= 11 is 5.47. The molecular weight excluding hydrogens is 300 g/mol. The number of halogens is 7. The smallest absolute Gasteiger partial charge is 0.324 e. The average Bonchev–Trinajstić information content (AvgIpc) is 2.20. The van der Waals surface area contributed by atoms with E-state index in [0.717, 1.165) is 12.1 Å². The topological polar surface area (TPSA) is 26.0 Å². The van der Waals surface area contributed by atoms with E-state index in [0.29, 0.717) is 0 Å². The maximum absolute atomic E-state index is 13.3. The van der Waals surface area contributed by atoms with E-state index >= 15 is 0 Å². The highest BCUT2D eigenvalue weighted by atomic mass is 35.5. The number of alkyl halides is 3. The first kappa shape index (κ1) is 17.4. The molecule has 104 valence electrons. The molecule has 0 aromatic heterocycles. The number of benzene rings is 1. The van der Waals surface area contributed by atoms with Crippen molar-refractivity contribution in [2.75, 3.05) is 0 Å². The highest BCUT2D eigenvalue weighted by Crippen LogP contribution is 2.32. The Bertz CT molecular complexity index is 408. The van der Waals surface area contributed by atoms with Gasteiger partial charge in [-0.1, -0.05) is 11.6 Å². The molecule has 1 aromatic carbocycles. The van der Waals surface area contributed by atoms with Gasteiger partial charge in [0.1, 0.15) is 11.6 Å². The second kappa shape index (κ2) is 6.54. The zero-order chi connectivity index (χ0) is 13.2. The van der Waals surface area contributed by atoms with Crippen molar-refractivity contribution in [3.05, 3.63) is 34.4 Å². The normalized spacial score (nSPS) is 13.1. The highest BCUT2D eigenvalue weighted by molar-refractivity contribution is 6.31. The molecule has 0 aliphatic carbocycles. The molecular formula is C10H10Cl2F5N. The molecule has 0 spiro atoms. The van der Waals surface area contributed by atoms with Crippen LogP contribution in [0.4, 0.5) is 22.0 Å². The maximum Gasteiger partial charge on any atom is 0.389 e. The summed E-state index contributed by atoms with van der Waals surface area (Å²) < 4.78 is 62.2. The first-order valence-corrected chi connectivity index (χ1v) is 5.06. The molecule has 0 saturated heterocycles. The van der Waals surface area contributed by atoms with Crippen LogP contribution in [0.2, 0.25) is 5.02 Å². The van der Waals surface area contributed by atoms with Gasteiger partial charge in [0.2, 0.25) is 0 Å². The van der Waals surface area contributed by atoms with Crippen molar-refractivity contribution in [1.29, 1.82) is 0 Å². The van der Waals surface area contributed by atoms with E-state index in [9.17, 15) is 22.0 Å². The molecule has 18 heavy (non-hydrogen) atoms. The minimum Gasteiger partial charge on any atom is -0.324 e. The van der Waals surface area contributed by atoms with E-state index < -0.39 is 47.3 Å². The predicted octanol–water partition coefficient (Wildman–Crippen LogP) is 4.38. The van der Waals surface area contributed by atoms with Crippen LogP contribution in [0.1, 0.15) is 24.4 Å². The Kier molecular flexibility index (Phi) is 6.33. The van der Waals surface area contributed by atoms with Crippen molar-refractivity contribution in [3.63, 3.8) is 0 Å². The Balaban J connectivity index is 0.00000289. The van der Waals surface area contributed by atoms with Gasteiger partial charge in [0.25, 0.3) is 0 Å². The van der Waals surface area contributed by atoms with Crippen LogP contribution in [0.5, 0.6) is 0 Å². The van der Waals surface area contributed by atoms with Crippen LogP contribution in [-0.2, 0) is 0 Å². The van der Waals surface area contributed by atoms with E-state index in [-0.39, 0.29) is 12.4 Å². The summed E-state index contributed by atoms with van der Waals surface area (Å²) in [5.41, 5.74) is 4.96. The molecule has 0 fully saturated rings. The van der Waals surface area contributed by atoms with Crippen LogP contribution >= 0.6 is 24.0 Å². The van der Waals surface area contributed by atoms with Gasteiger partial charge >= 0.3 is 6.18 Å². The minimum absolute atomic E-state index is 0. The Morgan fingerprint density at radius 2 is 1.67 bits per heavy atom. The molecule has 0 bridgehead atoms. The van der Waals surface area contributed by atoms with Gasteiger partial charge in [-0.3, -0.25) is 0 Å². The van der Waals surface area contributed by atoms with Crippen LogP contribution in [0.3, 0.4) is 0 Å². The van der Waals surface area contributed by atoms with E-state index in [1.54, 1.807) is 0 Å². The average molecular weight is 310 g/mol. The van der Waals surface area contributed by atoms with Crippen LogP contribution < -0.4 is 5.73 Å². The molecule has 0 unspecified atom stereocenters. The summed E-state index contributed by atoms with van der Waals surface area (Å²) in [7, 11) is 0. The second-order valence-electron chi connectivity index (χ2n) is 3.52. The Hall–Kier alpha value is -0.590. The third-order valence-corrected chi connectivity index (χ3v) is 2.57. The van der Waals surface area contributed by atoms with E-state index in [4.69, 9.17) is 17.3 Å². The summed E-state index contributed by atoms with van der Waals surface area (Å²) in [4.78, 5) is 0. The monoisotopic (exact) mass is 309 g/mol. The van der Waals surface area contributed by atoms with Gasteiger partial charge in [-0.2, -0.15) is 13.2 Å². The van der Waals surface area contributed by atoms with E-state index in [2.05, 4.69) is 0 Å². The predicted molar refractivity (Wildman–Crippen MR) is 60.8 cm³/mol. The van der Waals surface area contributed by atoms with Gasteiger partial charge in [0.15, 0.2) is 0 Å². The molecule has 0 heterocycles. The minimum atomic E-state index is -4.39. The molecule has 1 rings (SSSR count). The Morgan fingerprint density at radius 3 is 2.17 bits per heavy atom. The molecule has 0 radical (unpaired) electrons. The third-order valence-electron chi connectivity index (χ3n) is 2.19. The lowest BCUT2D eigenvalue weighted by molar-refractivity contribution is -0.136. The van der Waals surface area contributed by atoms with Gasteiger partial charge < -0.3 is 5.73 Å². The number of rotatable bonds is 3. The van der Waals surface area contributed by atoms with E-state index in [1.807, 2.05) is 0 Å². The molecule has 1 aromatic rings. The maximum atomic E-state index is 13.3. The van der Waals surface area contributed by atoms with Crippen LogP contribution in [0.15, 0.2) is 12.1 Å². The molecule has 1 nitrogen and oxygen atoms in total. The molecule has 0 aliphatic heterocycles. The SMILES string of the molecule is Cl.N[C@H](CCC(F)(F)F)c1c(F)ccc(F)c1Cl. The fraction of sp³-hybridized carbons (Fsp3) is 0.400. The van der Waals surface area contributed by atoms with Crippen molar-refractivity contribution >= 4 is 24.0 Å². The zero-order valence-corrected chi connectivity index (χ0v) is 10.5. The largest absolute Gasteiger partial charge is 0.389 e. The van der Waals surface area contributed by atoms with Crippen LogP contribution in [-0.4, -0.2) is 6.18 Å². The third kappa shape index (κ3) is 4.59. The first-order chi connectivity index (χ1) is 7.72. The second-order valence-corrected chi connectivity index (χ2v) is 3.90. The Morgan fingerprint density at radius 1 is 1.17 bits per heavy atom. The summed E-state index contributed by atoms with van der Waals surface area (Å²) in [5, 5.41) is -0.570. The number of hydrogen-bond donors (Lipinski definition) is 1. The van der Waals surface area contributed by atoms with Crippen LogP contribution in [0, 0.1) is 11.6 Å². The van der Waals surface area contributed by atoms with Gasteiger partial charge in [-0.25, -0.2) is 8.78 Å². The fourth-order valence-electron chi connectivity index (χ4n) is 1.35. The van der Waals surface area contributed by atoms with Crippen molar-refractivity contribution < 1.29 is 22.0 Å². The van der Waals surface area contributed by atoms with Gasteiger partial charge in [-0.15, -0.1) is 12.4 Å². The van der Waals surface area contributed by atoms with Gasteiger partial charge in [-0.05, 0) is 18.6 Å². The van der Waals surface area contributed by atoms with Crippen molar-refractivity contribution in [2.24, 2.45) is 5.73 Å². The lowest BCUT2D eigenvalue weighted by Gasteiger charge is -2.16. The Labute approximate surface area is 112 Å². The lowest BCUT2D eigenvalue weighted by Crippen LogP contribution is -2.17. The van der Waals surface area contributed by atoms with Crippen molar-refractivity contribution in [1.82, 2.24) is 0 Å². The summed E-state index contributed by atoms with van der Waals surface area (Å²) in [6.45, 7) is 0. The van der Waals surface area contributed by atoms with Gasteiger partial charge in [0, 0.05) is 18.0 Å². The first-order valence-electron chi connectivity index (χ1n) is 4.68. The zero-order valence-electron chi connectivity index (χ0n) is 8.90. The fourth-order valence-corrected chi connectivity index (χ4v) is 1.64. The summed E-state index contributed by atoms with van der Waals surface area (Å²) in [6.07, 6.45) is -6.13. The van der Waals surface area contributed by atoms with Crippen molar-refractivity contribution in [2.45, 2.75) is 25.1 Å². The molecule has 2 N–H and O–H groups in total. The van der Waals surface area contributed by atoms with Gasteiger partial charge in [0.05, 0.1) is 5.02 Å². The lowest BCUT2D eigenvalue weighted by atomic mass is 10.0. The summed E-state index contributed by atoms with van der Waals surface area (Å²) in [5.74, 6) is -1.82. The van der Waals surface area contributed by atoms with E-state index in [1.165, 1.54) is 0 Å².